The molecule has 1 saturated heterocycles. The second-order valence-corrected chi connectivity index (χ2v) is 7.35. The van der Waals surface area contributed by atoms with Crippen LogP contribution in [0.5, 0.6) is 5.75 Å². The summed E-state index contributed by atoms with van der Waals surface area (Å²) in [5.41, 5.74) is 1.20. The molecule has 1 spiro atoms. The lowest BCUT2D eigenvalue weighted by atomic mass is 9.91. The first-order valence-corrected chi connectivity index (χ1v) is 8.65. The lowest BCUT2D eigenvalue weighted by molar-refractivity contribution is -0.140. The smallest absolute Gasteiger partial charge is 0.307 e. The second kappa shape index (κ2) is 6.46. The highest BCUT2D eigenvalue weighted by Gasteiger charge is 2.59. The maximum absolute atomic E-state index is 12.3. The van der Waals surface area contributed by atoms with Crippen molar-refractivity contribution in [2.45, 2.75) is 39.0 Å². The quantitative estimate of drug-likeness (QED) is 0.901. The number of nitrogens with zero attached hydrogens (tertiary/aromatic N) is 1. The molecule has 24 heavy (non-hydrogen) atoms. The van der Waals surface area contributed by atoms with Gasteiger partial charge in [0.15, 0.2) is 6.61 Å². The van der Waals surface area contributed by atoms with E-state index in [-0.39, 0.29) is 23.8 Å². The number of hydrogen-bond donors (Lipinski definition) is 1. The molecule has 1 aliphatic heterocycles. The Hall–Kier alpha value is -2.04. The van der Waals surface area contributed by atoms with E-state index in [0.717, 1.165) is 19.3 Å². The molecular formula is C19H25NO4. The number of carbonyl (C=O) groups is 2. The predicted octanol–water partition coefficient (Wildman–Crippen LogP) is 2.90. The molecule has 1 aliphatic carbocycles. The zero-order valence-electron chi connectivity index (χ0n) is 14.3. The molecule has 1 saturated carbocycles. The molecule has 1 unspecified atom stereocenters. The van der Waals surface area contributed by atoms with E-state index in [1.165, 1.54) is 5.56 Å². The van der Waals surface area contributed by atoms with Crippen molar-refractivity contribution in [3.63, 3.8) is 0 Å². The molecule has 0 bridgehead atoms. The number of carboxylic acid groups (broad SMARTS) is 1. The number of hydrogen-bond acceptors (Lipinski definition) is 3. The van der Waals surface area contributed by atoms with Gasteiger partial charge in [-0.25, -0.2) is 0 Å². The Balaban J connectivity index is 1.46. The highest BCUT2D eigenvalue weighted by atomic mass is 16.5. The van der Waals surface area contributed by atoms with E-state index in [1.54, 1.807) is 4.90 Å². The average molecular weight is 331 g/mol. The Morgan fingerprint density at radius 2 is 1.88 bits per heavy atom. The van der Waals surface area contributed by atoms with Gasteiger partial charge in [-0.3, -0.25) is 9.59 Å². The molecule has 5 nitrogen and oxygen atoms in total. The lowest BCUT2D eigenvalue weighted by Gasteiger charge is -2.32. The molecule has 1 atom stereocenters. The largest absolute Gasteiger partial charge is 0.484 e. The predicted molar refractivity (Wildman–Crippen MR) is 90.0 cm³/mol. The average Bonchev–Trinajstić information content (AvgIpc) is 3.27. The van der Waals surface area contributed by atoms with Crippen LogP contribution in [0.4, 0.5) is 0 Å². The van der Waals surface area contributed by atoms with Gasteiger partial charge >= 0.3 is 5.97 Å². The summed E-state index contributed by atoms with van der Waals surface area (Å²) in [7, 11) is 0. The number of likely N-dealkylation sites (tertiary alicyclic amines) is 1. The third-order valence-corrected chi connectivity index (χ3v) is 5.51. The van der Waals surface area contributed by atoms with Crippen molar-refractivity contribution in [3.05, 3.63) is 29.8 Å². The summed E-state index contributed by atoms with van der Waals surface area (Å²) in [6.07, 6.45) is 2.35. The number of aliphatic carboxylic acids is 1. The molecule has 1 amide bonds. The molecule has 1 heterocycles. The van der Waals surface area contributed by atoms with Gasteiger partial charge in [-0.1, -0.05) is 26.0 Å². The number of piperidine rings is 1. The van der Waals surface area contributed by atoms with Gasteiger partial charge in [0.1, 0.15) is 5.75 Å². The SMILES string of the molecule is CC(C)c1ccc(OCC(=O)N2CCC3(CC2)CC3C(=O)O)cc1. The van der Waals surface area contributed by atoms with Crippen LogP contribution < -0.4 is 4.74 Å². The van der Waals surface area contributed by atoms with Crippen LogP contribution in [0, 0.1) is 11.3 Å². The van der Waals surface area contributed by atoms with E-state index in [9.17, 15) is 9.59 Å². The molecule has 5 heteroatoms. The molecule has 2 fully saturated rings. The minimum Gasteiger partial charge on any atom is -0.484 e. The first kappa shape index (κ1) is 16.8. The fourth-order valence-electron chi connectivity index (χ4n) is 3.64. The Bertz CT molecular complexity index is 615. The molecule has 1 aromatic rings. The summed E-state index contributed by atoms with van der Waals surface area (Å²) >= 11 is 0. The summed E-state index contributed by atoms with van der Waals surface area (Å²) in [5.74, 6) is 0.256. The maximum Gasteiger partial charge on any atom is 0.307 e. The number of benzene rings is 1. The third-order valence-electron chi connectivity index (χ3n) is 5.51. The second-order valence-electron chi connectivity index (χ2n) is 7.35. The Morgan fingerprint density at radius 1 is 1.25 bits per heavy atom. The summed E-state index contributed by atoms with van der Waals surface area (Å²) in [4.78, 5) is 25.1. The molecule has 0 radical (unpaired) electrons. The van der Waals surface area contributed by atoms with Gasteiger partial charge in [-0.2, -0.15) is 0 Å². The van der Waals surface area contributed by atoms with Crippen molar-refractivity contribution in [2.75, 3.05) is 19.7 Å². The van der Waals surface area contributed by atoms with Crippen molar-refractivity contribution in [1.82, 2.24) is 4.90 Å². The van der Waals surface area contributed by atoms with Gasteiger partial charge in [0.05, 0.1) is 5.92 Å². The number of ether oxygens (including phenoxy) is 1. The van der Waals surface area contributed by atoms with Gasteiger partial charge in [0.25, 0.3) is 5.91 Å². The normalized spacial score (nSPS) is 21.8. The number of carboxylic acids is 1. The number of carbonyl (C=O) groups excluding carboxylic acids is 1. The summed E-state index contributed by atoms with van der Waals surface area (Å²) in [6.45, 7) is 5.58. The van der Waals surface area contributed by atoms with Gasteiger partial charge in [-0.05, 0) is 48.3 Å². The highest BCUT2D eigenvalue weighted by molar-refractivity contribution is 5.78. The van der Waals surface area contributed by atoms with Crippen LogP contribution in [0.2, 0.25) is 0 Å². The molecule has 1 N–H and O–H groups in total. The van der Waals surface area contributed by atoms with E-state index < -0.39 is 5.97 Å². The molecule has 3 rings (SSSR count). The topological polar surface area (TPSA) is 66.8 Å². The van der Waals surface area contributed by atoms with E-state index in [1.807, 2.05) is 24.3 Å². The Labute approximate surface area is 142 Å². The van der Waals surface area contributed by atoms with Crippen molar-refractivity contribution >= 4 is 11.9 Å². The molecule has 2 aliphatic rings. The highest BCUT2D eigenvalue weighted by Crippen LogP contribution is 2.59. The first-order valence-electron chi connectivity index (χ1n) is 8.65. The summed E-state index contributed by atoms with van der Waals surface area (Å²) < 4.78 is 5.60. The van der Waals surface area contributed by atoms with E-state index in [4.69, 9.17) is 9.84 Å². The monoisotopic (exact) mass is 331 g/mol. The molecule has 0 aromatic heterocycles. The van der Waals surface area contributed by atoms with Gasteiger partial charge in [0, 0.05) is 13.1 Å². The van der Waals surface area contributed by atoms with Crippen molar-refractivity contribution in [3.8, 4) is 5.75 Å². The van der Waals surface area contributed by atoms with E-state index in [2.05, 4.69) is 13.8 Å². The molecule has 130 valence electrons. The zero-order valence-corrected chi connectivity index (χ0v) is 14.3. The van der Waals surface area contributed by atoms with Crippen molar-refractivity contribution in [2.24, 2.45) is 11.3 Å². The molecular weight excluding hydrogens is 306 g/mol. The van der Waals surface area contributed by atoms with Crippen LogP contribution >= 0.6 is 0 Å². The zero-order chi connectivity index (χ0) is 17.3. The van der Waals surface area contributed by atoms with Crippen molar-refractivity contribution in [1.29, 1.82) is 0 Å². The summed E-state index contributed by atoms with van der Waals surface area (Å²) in [5, 5.41) is 9.11. The molecule has 1 aromatic carbocycles. The number of rotatable bonds is 5. The Morgan fingerprint density at radius 3 is 2.38 bits per heavy atom. The van der Waals surface area contributed by atoms with Crippen LogP contribution in [-0.4, -0.2) is 41.6 Å². The van der Waals surface area contributed by atoms with Crippen molar-refractivity contribution < 1.29 is 19.4 Å². The first-order chi connectivity index (χ1) is 11.4. The minimum absolute atomic E-state index is 0.0229. The maximum atomic E-state index is 12.3. The summed E-state index contributed by atoms with van der Waals surface area (Å²) in [6, 6.07) is 7.84. The lowest BCUT2D eigenvalue weighted by Crippen LogP contribution is -2.42. The van der Waals surface area contributed by atoms with Crippen LogP contribution in [-0.2, 0) is 9.59 Å². The van der Waals surface area contributed by atoms with Crippen LogP contribution in [0.3, 0.4) is 0 Å². The fourth-order valence-corrected chi connectivity index (χ4v) is 3.64. The standard InChI is InChI=1S/C19H25NO4/c1-13(2)14-3-5-15(6-4-14)24-12-17(21)20-9-7-19(8-10-20)11-16(19)18(22)23/h3-6,13,16H,7-12H2,1-2H3,(H,22,23). The van der Waals surface area contributed by atoms with Crippen LogP contribution in [0.25, 0.3) is 0 Å². The van der Waals surface area contributed by atoms with Crippen LogP contribution in [0.15, 0.2) is 24.3 Å². The van der Waals surface area contributed by atoms with Gasteiger partial charge in [-0.15, -0.1) is 0 Å². The third kappa shape index (κ3) is 3.40. The fraction of sp³-hybridized carbons (Fsp3) is 0.579. The van der Waals surface area contributed by atoms with E-state index in [0.29, 0.717) is 24.8 Å². The number of amides is 1. The van der Waals surface area contributed by atoms with Gasteiger partial charge < -0.3 is 14.7 Å². The minimum atomic E-state index is -0.692. The Kier molecular flexibility index (Phi) is 4.52. The van der Waals surface area contributed by atoms with Crippen LogP contribution in [0.1, 0.15) is 44.6 Å². The van der Waals surface area contributed by atoms with E-state index >= 15 is 0 Å². The van der Waals surface area contributed by atoms with Gasteiger partial charge in [0.2, 0.25) is 0 Å².